The van der Waals surface area contributed by atoms with E-state index < -0.39 is 4.92 Å². The summed E-state index contributed by atoms with van der Waals surface area (Å²) in [5.41, 5.74) is 8.27. The van der Waals surface area contributed by atoms with E-state index in [9.17, 15) is 10.1 Å². The zero-order valence-electron chi connectivity index (χ0n) is 11.8. The summed E-state index contributed by atoms with van der Waals surface area (Å²) in [6.07, 6.45) is 0. The summed E-state index contributed by atoms with van der Waals surface area (Å²) < 4.78 is 0.941. The lowest BCUT2D eigenvalue weighted by Crippen LogP contribution is -2.08. The molecule has 8 heteroatoms. The molecular formula is C13H14BrN5O2. The molecule has 0 fully saturated rings. The van der Waals surface area contributed by atoms with Gasteiger partial charge in [0.15, 0.2) is 0 Å². The van der Waals surface area contributed by atoms with Gasteiger partial charge in [-0.25, -0.2) is 4.98 Å². The average molecular weight is 352 g/mol. The third-order valence-corrected chi connectivity index (χ3v) is 3.46. The van der Waals surface area contributed by atoms with E-state index in [4.69, 9.17) is 5.73 Å². The molecule has 21 heavy (non-hydrogen) atoms. The number of benzene rings is 1. The van der Waals surface area contributed by atoms with Crippen molar-refractivity contribution in [3.05, 3.63) is 43.5 Å². The van der Waals surface area contributed by atoms with E-state index in [-0.39, 0.29) is 23.1 Å². The number of nitro groups is 1. The van der Waals surface area contributed by atoms with Gasteiger partial charge in [0.2, 0.25) is 11.8 Å². The maximum absolute atomic E-state index is 11.2. The van der Waals surface area contributed by atoms with E-state index in [1.54, 1.807) is 0 Å². The lowest BCUT2D eigenvalue weighted by molar-refractivity contribution is -0.385. The van der Waals surface area contributed by atoms with Crippen LogP contribution in [0.4, 0.5) is 23.1 Å². The van der Waals surface area contributed by atoms with Crippen LogP contribution in [0.5, 0.6) is 0 Å². The Morgan fingerprint density at radius 2 is 1.81 bits per heavy atom. The third kappa shape index (κ3) is 3.10. The minimum atomic E-state index is -0.513. The zero-order chi connectivity index (χ0) is 15.7. The van der Waals surface area contributed by atoms with E-state index in [0.717, 1.165) is 21.3 Å². The van der Waals surface area contributed by atoms with Crippen LogP contribution in [0.15, 0.2) is 16.6 Å². The van der Waals surface area contributed by atoms with Gasteiger partial charge in [0.25, 0.3) is 0 Å². The maximum atomic E-state index is 11.2. The fourth-order valence-corrected chi connectivity index (χ4v) is 2.81. The van der Waals surface area contributed by atoms with Gasteiger partial charge in [0, 0.05) is 10.2 Å². The summed E-state index contributed by atoms with van der Waals surface area (Å²) in [7, 11) is 0. The predicted octanol–water partition coefficient (Wildman–Crippen LogP) is 3.40. The Bertz CT molecular complexity index is 710. The number of nitrogen functional groups attached to an aromatic ring is 1. The number of rotatable bonds is 3. The number of nitrogens with zero attached hydrogens (tertiary/aromatic N) is 3. The molecule has 1 aromatic heterocycles. The Labute approximate surface area is 129 Å². The highest BCUT2D eigenvalue weighted by Gasteiger charge is 2.22. The third-order valence-electron chi connectivity index (χ3n) is 3.00. The molecule has 0 aliphatic carbocycles. The van der Waals surface area contributed by atoms with Crippen LogP contribution in [0.25, 0.3) is 0 Å². The lowest BCUT2D eigenvalue weighted by atomic mass is 10.1. The van der Waals surface area contributed by atoms with Gasteiger partial charge >= 0.3 is 5.69 Å². The van der Waals surface area contributed by atoms with Crippen LogP contribution in [0.1, 0.15) is 16.8 Å². The number of nitrogens with two attached hydrogens (primary N) is 1. The molecule has 1 aromatic carbocycles. The Balaban J connectivity index is 2.57. The molecule has 1 heterocycles. The first-order valence-electron chi connectivity index (χ1n) is 6.12. The fourth-order valence-electron chi connectivity index (χ4n) is 2.12. The average Bonchev–Trinajstić information content (AvgIpc) is 2.32. The molecule has 0 spiro atoms. The molecule has 2 aromatic rings. The molecule has 0 atom stereocenters. The molecule has 3 N–H and O–H groups in total. The van der Waals surface area contributed by atoms with Crippen LogP contribution >= 0.6 is 15.9 Å². The van der Waals surface area contributed by atoms with Crippen molar-refractivity contribution in [1.82, 2.24) is 9.97 Å². The second-order valence-corrected chi connectivity index (χ2v) is 5.58. The number of halogens is 1. The van der Waals surface area contributed by atoms with Crippen molar-refractivity contribution in [3.63, 3.8) is 0 Å². The van der Waals surface area contributed by atoms with Crippen LogP contribution in [0.3, 0.4) is 0 Å². The van der Waals surface area contributed by atoms with Crippen LogP contribution < -0.4 is 11.1 Å². The van der Waals surface area contributed by atoms with Gasteiger partial charge in [-0.15, -0.1) is 0 Å². The quantitative estimate of drug-likeness (QED) is 0.648. The van der Waals surface area contributed by atoms with Gasteiger partial charge in [-0.2, -0.15) is 4.98 Å². The van der Waals surface area contributed by atoms with E-state index in [1.807, 2.05) is 26.0 Å². The first-order valence-corrected chi connectivity index (χ1v) is 6.91. The highest BCUT2D eigenvalue weighted by molar-refractivity contribution is 9.10. The lowest BCUT2D eigenvalue weighted by Gasteiger charge is -2.13. The summed E-state index contributed by atoms with van der Waals surface area (Å²) in [5.74, 6) is 0.0894. The number of nitrogens with one attached hydrogen (secondary N) is 1. The van der Waals surface area contributed by atoms with Crippen LogP contribution in [-0.4, -0.2) is 14.9 Å². The Morgan fingerprint density at radius 1 is 1.24 bits per heavy atom. The topological polar surface area (TPSA) is 107 Å². The smallest absolute Gasteiger partial charge is 0.332 e. The minimum Gasteiger partial charge on any atom is -0.368 e. The van der Waals surface area contributed by atoms with E-state index in [0.29, 0.717) is 0 Å². The number of hydrogen-bond donors (Lipinski definition) is 2. The first kappa shape index (κ1) is 15.2. The molecule has 0 amide bonds. The highest BCUT2D eigenvalue weighted by Crippen LogP contribution is 2.32. The molecule has 2 rings (SSSR count). The molecule has 110 valence electrons. The largest absolute Gasteiger partial charge is 0.368 e. The van der Waals surface area contributed by atoms with Gasteiger partial charge in [-0.1, -0.05) is 15.9 Å². The second kappa shape index (κ2) is 5.65. The molecular weight excluding hydrogens is 338 g/mol. The molecule has 0 bridgehead atoms. The summed E-state index contributed by atoms with van der Waals surface area (Å²) in [6.45, 7) is 5.34. The molecule has 0 saturated carbocycles. The SMILES string of the molecule is Cc1cc(Br)cc(C)c1Nc1nc(N)nc(C)c1[N+](=O)[O-]. The van der Waals surface area contributed by atoms with Gasteiger partial charge in [0.1, 0.15) is 5.69 Å². The van der Waals surface area contributed by atoms with Crippen molar-refractivity contribution < 1.29 is 4.92 Å². The van der Waals surface area contributed by atoms with Gasteiger partial charge in [0.05, 0.1) is 4.92 Å². The van der Waals surface area contributed by atoms with Crippen molar-refractivity contribution in [2.24, 2.45) is 0 Å². The van der Waals surface area contributed by atoms with Crippen molar-refractivity contribution >= 4 is 39.1 Å². The maximum Gasteiger partial charge on any atom is 0.332 e. The van der Waals surface area contributed by atoms with Crippen molar-refractivity contribution in [3.8, 4) is 0 Å². The predicted molar refractivity (Wildman–Crippen MR) is 84.7 cm³/mol. The monoisotopic (exact) mass is 351 g/mol. The van der Waals surface area contributed by atoms with Crippen molar-refractivity contribution in [1.29, 1.82) is 0 Å². The number of aryl methyl sites for hydroxylation is 3. The second-order valence-electron chi connectivity index (χ2n) is 4.66. The van der Waals surface area contributed by atoms with Crippen LogP contribution in [0.2, 0.25) is 0 Å². The van der Waals surface area contributed by atoms with Crippen LogP contribution in [-0.2, 0) is 0 Å². The Kier molecular flexibility index (Phi) is 4.08. The molecule has 0 aliphatic rings. The van der Waals surface area contributed by atoms with Gasteiger partial charge in [-0.3, -0.25) is 10.1 Å². The highest BCUT2D eigenvalue weighted by atomic mass is 79.9. The summed E-state index contributed by atoms with van der Waals surface area (Å²) >= 11 is 3.41. The number of hydrogen-bond acceptors (Lipinski definition) is 6. The fraction of sp³-hybridized carbons (Fsp3) is 0.231. The standard InChI is InChI=1S/C13H14BrN5O2/c1-6-4-9(14)5-7(2)10(6)17-12-11(19(20)21)8(3)16-13(15)18-12/h4-5H,1-3H3,(H3,15,16,17,18). The first-order chi connectivity index (χ1) is 9.79. The Hall–Kier alpha value is -2.22. The van der Waals surface area contributed by atoms with E-state index >= 15 is 0 Å². The summed E-state index contributed by atoms with van der Waals surface area (Å²) in [5, 5.41) is 14.2. The number of anilines is 3. The van der Waals surface area contributed by atoms with E-state index in [2.05, 4.69) is 31.2 Å². The van der Waals surface area contributed by atoms with Gasteiger partial charge in [-0.05, 0) is 44.0 Å². The van der Waals surface area contributed by atoms with E-state index in [1.165, 1.54) is 6.92 Å². The molecule has 0 saturated heterocycles. The van der Waals surface area contributed by atoms with Crippen LogP contribution in [0, 0.1) is 30.9 Å². The minimum absolute atomic E-state index is 0.00646. The zero-order valence-corrected chi connectivity index (χ0v) is 13.4. The molecule has 7 nitrogen and oxygen atoms in total. The molecule has 0 aliphatic heterocycles. The Morgan fingerprint density at radius 3 is 2.33 bits per heavy atom. The normalized spacial score (nSPS) is 10.5. The molecule has 0 radical (unpaired) electrons. The van der Waals surface area contributed by atoms with Crippen molar-refractivity contribution in [2.75, 3.05) is 11.1 Å². The van der Waals surface area contributed by atoms with Gasteiger partial charge < -0.3 is 11.1 Å². The summed E-state index contributed by atoms with van der Waals surface area (Å²) in [6, 6.07) is 3.83. The van der Waals surface area contributed by atoms with Crippen molar-refractivity contribution in [2.45, 2.75) is 20.8 Å². The number of aromatic nitrogens is 2. The summed E-state index contributed by atoms with van der Waals surface area (Å²) in [4.78, 5) is 18.5. The molecule has 0 unspecified atom stereocenters.